The van der Waals surface area contributed by atoms with Gasteiger partial charge in [-0.05, 0) is 42.7 Å². The van der Waals surface area contributed by atoms with Crippen molar-refractivity contribution in [2.45, 2.75) is 20.0 Å². The van der Waals surface area contributed by atoms with E-state index in [1.54, 1.807) is 26.0 Å². The monoisotopic (exact) mass is 296 g/mol. The third-order valence-electron chi connectivity index (χ3n) is 3.40. The average molecular weight is 296 g/mol. The Bertz CT molecular complexity index is 660. The molecule has 21 heavy (non-hydrogen) atoms. The first-order valence-electron chi connectivity index (χ1n) is 6.32. The van der Waals surface area contributed by atoms with Crippen molar-refractivity contribution in [1.29, 1.82) is 0 Å². The van der Waals surface area contributed by atoms with Gasteiger partial charge < -0.3 is 9.84 Å². The second kappa shape index (κ2) is 5.77. The molecule has 0 heterocycles. The zero-order valence-electron chi connectivity index (χ0n) is 11.9. The summed E-state index contributed by atoms with van der Waals surface area (Å²) >= 11 is 0. The normalized spacial score (nSPS) is 12.3. The maximum Gasteiger partial charge on any atom is 0.135 e. The van der Waals surface area contributed by atoms with Gasteiger partial charge in [0, 0.05) is 12.1 Å². The van der Waals surface area contributed by atoms with E-state index < -0.39 is 29.1 Å². The summed E-state index contributed by atoms with van der Waals surface area (Å²) < 4.78 is 45.6. The fraction of sp³-hybridized carbons (Fsp3) is 0.250. The van der Waals surface area contributed by atoms with Crippen molar-refractivity contribution in [1.82, 2.24) is 0 Å². The molecular formula is C16H15F3O2. The van der Waals surface area contributed by atoms with E-state index in [0.29, 0.717) is 29.0 Å². The first kappa shape index (κ1) is 15.4. The van der Waals surface area contributed by atoms with Gasteiger partial charge in [-0.15, -0.1) is 0 Å². The highest BCUT2D eigenvalue weighted by Crippen LogP contribution is 2.32. The van der Waals surface area contributed by atoms with Crippen LogP contribution in [0.1, 0.15) is 28.4 Å². The second-order valence-electron chi connectivity index (χ2n) is 4.86. The third-order valence-corrected chi connectivity index (χ3v) is 3.40. The largest absolute Gasteiger partial charge is 0.496 e. The number of hydrogen-bond acceptors (Lipinski definition) is 2. The minimum atomic E-state index is -1.52. The molecule has 112 valence electrons. The molecule has 2 nitrogen and oxygen atoms in total. The van der Waals surface area contributed by atoms with Crippen LogP contribution in [-0.2, 0) is 0 Å². The number of ether oxygens (including phenoxy) is 1. The Kier molecular flexibility index (Phi) is 4.23. The van der Waals surface area contributed by atoms with Gasteiger partial charge in [0.05, 0.1) is 12.7 Å². The van der Waals surface area contributed by atoms with Gasteiger partial charge in [-0.3, -0.25) is 0 Å². The molecule has 0 aliphatic rings. The molecule has 0 aliphatic carbocycles. The summed E-state index contributed by atoms with van der Waals surface area (Å²) in [6, 6.07) is 4.37. The number of methoxy groups -OCH3 is 1. The fourth-order valence-electron chi connectivity index (χ4n) is 2.30. The average Bonchev–Trinajstić information content (AvgIpc) is 2.39. The predicted molar refractivity (Wildman–Crippen MR) is 72.8 cm³/mol. The van der Waals surface area contributed by atoms with Crippen LogP contribution < -0.4 is 4.74 Å². The molecule has 0 saturated carbocycles. The van der Waals surface area contributed by atoms with Crippen molar-refractivity contribution in [2.75, 3.05) is 7.11 Å². The Morgan fingerprint density at radius 1 is 0.952 bits per heavy atom. The van der Waals surface area contributed by atoms with Crippen molar-refractivity contribution < 1.29 is 23.0 Å². The smallest absolute Gasteiger partial charge is 0.135 e. The molecule has 0 saturated heterocycles. The second-order valence-corrected chi connectivity index (χ2v) is 4.86. The van der Waals surface area contributed by atoms with Gasteiger partial charge >= 0.3 is 0 Å². The van der Waals surface area contributed by atoms with Crippen molar-refractivity contribution in [2.24, 2.45) is 0 Å². The van der Waals surface area contributed by atoms with Crippen LogP contribution in [0.2, 0.25) is 0 Å². The Balaban J connectivity index is 2.55. The number of aryl methyl sites for hydroxylation is 2. The molecule has 0 amide bonds. The van der Waals surface area contributed by atoms with E-state index in [1.807, 2.05) is 0 Å². The SMILES string of the molecule is COc1cc(C)c(C(O)c2c(F)cc(F)cc2F)cc1C. The van der Waals surface area contributed by atoms with Gasteiger partial charge in [-0.25, -0.2) is 13.2 Å². The number of halogens is 3. The summed E-state index contributed by atoms with van der Waals surface area (Å²) in [5.74, 6) is -2.65. The van der Waals surface area contributed by atoms with Crippen molar-refractivity contribution in [3.05, 3.63) is 64.0 Å². The van der Waals surface area contributed by atoms with Crippen LogP contribution in [0, 0.1) is 31.3 Å². The molecule has 1 N–H and O–H groups in total. The van der Waals surface area contributed by atoms with Crippen LogP contribution in [0.25, 0.3) is 0 Å². The molecule has 5 heteroatoms. The highest BCUT2D eigenvalue weighted by atomic mass is 19.1. The summed E-state index contributed by atoms with van der Waals surface area (Å²) in [5.41, 5.74) is 1.12. The van der Waals surface area contributed by atoms with Gasteiger partial charge in [-0.2, -0.15) is 0 Å². The van der Waals surface area contributed by atoms with E-state index in [9.17, 15) is 18.3 Å². The molecule has 0 bridgehead atoms. The fourth-order valence-corrected chi connectivity index (χ4v) is 2.30. The number of aliphatic hydroxyl groups is 1. The zero-order chi connectivity index (χ0) is 15.7. The van der Waals surface area contributed by atoms with Crippen LogP contribution in [0.5, 0.6) is 5.75 Å². The highest BCUT2D eigenvalue weighted by Gasteiger charge is 2.23. The third kappa shape index (κ3) is 2.88. The molecule has 2 aromatic carbocycles. The van der Waals surface area contributed by atoms with Crippen LogP contribution in [0.4, 0.5) is 13.2 Å². The lowest BCUT2D eigenvalue weighted by Gasteiger charge is -2.18. The van der Waals surface area contributed by atoms with Gasteiger partial charge in [0.1, 0.15) is 29.3 Å². The number of benzene rings is 2. The predicted octanol–water partition coefficient (Wildman–Crippen LogP) is 3.81. The molecule has 2 aromatic rings. The molecule has 0 aromatic heterocycles. The van der Waals surface area contributed by atoms with Gasteiger partial charge in [-0.1, -0.05) is 0 Å². The topological polar surface area (TPSA) is 29.5 Å². The number of hydrogen-bond donors (Lipinski definition) is 1. The summed E-state index contributed by atoms with van der Waals surface area (Å²) in [6.07, 6.45) is -1.52. The van der Waals surface area contributed by atoms with Crippen LogP contribution in [-0.4, -0.2) is 12.2 Å². The van der Waals surface area contributed by atoms with Crippen LogP contribution in [0.3, 0.4) is 0 Å². The lowest BCUT2D eigenvalue weighted by atomic mass is 9.94. The molecule has 0 spiro atoms. The van der Waals surface area contributed by atoms with Crippen molar-refractivity contribution in [3.8, 4) is 5.75 Å². The Morgan fingerprint density at radius 3 is 2.05 bits per heavy atom. The molecule has 2 rings (SSSR count). The first-order chi connectivity index (χ1) is 9.85. The lowest BCUT2D eigenvalue weighted by molar-refractivity contribution is 0.207. The van der Waals surface area contributed by atoms with E-state index in [0.717, 1.165) is 5.56 Å². The molecular weight excluding hydrogens is 281 g/mol. The number of aliphatic hydroxyl groups excluding tert-OH is 1. The van der Waals surface area contributed by atoms with Gasteiger partial charge in [0.25, 0.3) is 0 Å². The van der Waals surface area contributed by atoms with E-state index in [1.165, 1.54) is 7.11 Å². The van der Waals surface area contributed by atoms with Crippen molar-refractivity contribution >= 4 is 0 Å². The minimum Gasteiger partial charge on any atom is -0.496 e. The Hall–Kier alpha value is -2.01. The summed E-state index contributed by atoms with van der Waals surface area (Å²) in [4.78, 5) is 0. The first-order valence-corrected chi connectivity index (χ1v) is 6.32. The quantitative estimate of drug-likeness (QED) is 0.933. The number of rotatable bonds is 3. The Morgan fingerprint density at radius 2 is 1.52 bits per heavy atom. The maximum atomic E-state index is 13.8. The minimum absolute atomic E-state index is 0.345. The van der Waals surface area contributed by atoms with Gasteiger partial charge in [0.15, 0.2) is 0 Å². The zero-order valence-corrected chi connectivity index (χ0v) is 11.9. The van der Waals surface area contributed by atoms with Crippen molar-refractivity contribution in [3.63, 3.8) is 0 Å². The van der Waals surface area contributed by atoms with Crippen LogP contribution in [0.15, 0.2) is 24.3 Å². The Labute approximate surface area is 120 Å². The summed E-state index contributed by atoms with van der Waals surface area (Å²) in [6.45, 7) is 3.45. The molecule has 1 unspecified atom stereocenters. The molecule has 1 atom stereocenters. The molecule has 0 fully saturated rings. The lowest BCUT2D eigenvalue weighted by Crippen LogP contribution is -2.09. The van der Waals surface area contributed by atoms with Crippen LogP contribution >= 0.6 is 0 Å². The van der Waals surface area contributed by atoms with Gasteiger partial charge in [0.2, 0.25) is 0 Å². The summed E-state index contributed by atoms with van der Waals surface area (Å²) in [5, 5.41) is 10.3. The molecule has 0 radical (unpaired) electrons. The van der Waals surface area contributed by atoms with E-state index in [4.69, 9.17) is 4.74 Å². The maximum absolute atomic E-state index is 13.8. The summed E-state index contributed by atoms with van der Waals surface area (Å²) in [7, 11) is 1.51. The standard InChI is InChI=1S/C16H15F3O2/c1-8-5-14(21-3)9(2)4-11(8)16(20)15-12(18)6-10(17)7-13(15)19/h4-7,16,20H,1-3H3. The van der Waals surface area contributed by atoms with E-state index >= 15 is 0 Å². The van der Waals surface area contributed by atoms with E-state index in [-0.39, 0.29) is 0 Å². The van der Waals surface area contributed by atoms with E-state index in [2.05, 4.69) is 0 Å². The highest BCUT2D eigenvalue weighted by molar-refractivity contribution is 5.45. The molecule has 0 aliphatic heterocycles.